The Morgan fingerprint density at radius 2 is 1.47 bits per heavy atom. The normalized spacial score (nSPS) is 11.5. The third-order valence-electron chi connectivity index (χ3n) is 1.04. The van der Waals surface area contributed by atoms with E-state index in [1.165, 1.54) is 4.46 Å². The number of benzene rings is 1. The van der Waals surface area contributed by atoms with E-state index in [9.17, 15) is 13.2 Å². The van der Waals surface area contributed by atoms with Gasteiger partial charge in [-0.15, -0.1) is 0 Å². The van der Waals surface area contributed by atoms with Crippen LogP contribution in [0.4, 0.5) is 13.2 Å². The molecule has 0 unspecified atom stereocenters. The standard InChI is InChI=1S/C6H5Se.CHF3O3S/c7-6-4-2-1-3-5-6;2-1(3,4)8(5,6)7/h1-5H;(H,5,6,7). The fourth-order valence-electron chi connectivity index (χ4n) is 0.420. The van der Waals surface area contributed by atoms with E-state index in [0.29, 0.717) is 0 Å². The Morgan fingerprint density at radius 3 is 1.60 bits per heavy atom. The summed E-state index contributed by atoms with van der Waals surface area (Å²) in [5, 5.41) is 0. The Hall–Kier alpha value is -0.561. The van der Waals surface area contributed by atoms with Gasteiger partial charge in [0.1, 0.15) is 0 Å². The van der Waals surface area contributed by atoms with E-state index in [4.69, 9.17) is 13.0 Å². The fraction of sp³-hybridized carbons (Fsp3) is 0.143. The first-order chi connectivity index (χ1) is 6.64. The van der Waals surface area contributed by atoms with Crippen molar-refractivity contribution in [3.63, 3.8) is 0 Å². The number of alkyl halides is 3. The average molecular weight is 306 g/mol. The van der Waals surface area contributed by atoms with Crippen LogP contribution in [0, 0.1) is 0 Å². The summed E-state index contributed by atoms with van der Waals surface area (Å²) in [6.07, 6.45) is 0. The molecule has 0 saturated heterocycles. The number of halogens is 3. The molecule has 1 radical (unpaired) electrons. The van der Waals surface area contributed by atoms with Gasteiger partial charge in [0, 0.05) is 0 Å². The second kappa shape index (κ2) is 5.50. The predicted molar refractivity (Wildman–Crippen MR) is 49.4 cm³/mol. The molecule has 8 heteroatoms. The van der Waals surface area contributed by atoms with Crippen LogP contribution in [0.5, 0.6) is 0 Å². The summed E-state index contributed by atoms with van der Waals surface area (Å²) in [5.41, 5.74) is -5.53. The number of hydrogen-bond donors (Lipinski definition) is 1. The maximum atomic E-state index is 10.7. The molecule has 0 aromatic heterocycles. The van der Waals surface area contributed by atoms with Gasteiger partial charge in [-0.05, 0) is 0 Å². The molecule has 1 aromatic rings. The van der Waals surface area contributed by atoms with Gasteiger partial charge in [0.15, 0.2) is 0 Å². The van der Waals surface area contributed by atoms with Crippen molar-refractivity contribution in [2.45, 2.75) is 5.51 Å². The van der Waals surface area contributed by atoms with E-state index in [2.05, 4.69) is 16.0 Å². The molecule has 15 heavy (non-hydrogen) atoms. The van der Waals surface area contributed by atoms with Crippen molar-refractivity contribution in [3.05, 3.63) is 30.3 Å². The van der Waals surface area contributed by atoms with Crippen LogP contribution < -0.4 is 4.46 Å². The number of hydrogen-bond acceptors (Lipinski definition) is 2. The average Bonchev–Trinajstić information content (AvgIpc) is 2.02. The van der Waals surface area contributed by atoms with E-state index in [1.54, 1.807) is 0 Å². The third kappa shape index (κ3) is 6.51. The first-order valence-corrected chi connectivity index (χ1v) is 5.70. The Morgan fingerprint density at radius 1 is 1.13 bits per heavy atom. The molecule has 0 fully saturated rings. The molecular weight excluding hydrogens is 300 g/mol. The van der Waals surface area contributed by atoms with Gasteiger partial charge < -0.3 is 0 Å². The van der Waals surface area contributed by atoms with Crippen molar-refractivity contribution in [3.8, 4) is 0 Å². The first kappa shape index (κ1) is 14.4. The van der Waals surface area contributed by atoms with Crippen LogP contribution in [0.25, 0.3) is 0 Å². The van der Waals surface area contributed by atoms with Crippen molar-refractivity contribution in [2.24, 2.45) is 0 Å². The summed E-state index contributed by atoms with van der Waals surface area (Å²) in [6, 6.07) is 10.1. The van der Waals surface area contributed by atoms with Gasteiger partial charge in [-0.25, -0.2) is 0 Å². The molecule has 0 aliphatic carbocycles. The zero-order valence-corrected chi connectivity index (χ0v) is 9.63. The molecule has 0 aliphatic heterocycles. The van der Waals surface area contributed by atoms with E-state index < -0.39 is 15.6 Å². The zero-order chi connectivity index (χ0) is 12.1. The minimum absolute atomic E-state index is 1.20. The van der Waals surface area contributed by atoms with Crippen LogP contribution in [0.2, 0.25) is 0 Å². The summed E-state index contributed by atoms with van der Waals surface area (Å²) >= 11 is 2.90. The van der Waals surface area contributed by atoms with Crippen LogP contribution in [0.3, 0.4) is 0 Å². The van der Waals surface area contributed by atoms with Crippen LogP contribution >= 0.6 is 0 Å². The second-order valence-corrected chi connectivity index (χ2v) is 4.64. The van der Waals surface area contributed by atoms with Gasteiger partial charge >= 0.3 is 66.4 Å². The molecule has 0 aliphatic rings. The molecule has 0 amide bonds. The Kier molecular flexibility index (Phi) is 5.30. The van der Waals surface area contributed by atoms with Gasteiger partial charge in [-0.2, -0.15) is 21.6 Å². The predicted octanol–water partition coefficient (Wildman–Crippen LogP) is 0.874. The topological polar surface area (TPSA) is 54.4 Å². The molecule has 85 valence electrons. The Balaban J connectivity index is 0.000000262. The SMILES string of the molecule is O=S(=O)(O)C(F)(F)F.[Se]c1ccccc1. The van der Waals surface area contributed by atoms with Crippen LogP contribution in [0.15, 0.2) is 30.3 Å². The van der Waals surface area contributed by atoms with Gasteiger partial charge in [0.2, 0.25) is 0 Å². The number of rotatable bonds is 0. The quantitative estimate of drug-likeness (QED) is 0.440. The molecule has 0 heterocycles. The molecular formula is C7H6F3O3SSe. The van der Waals surface area contributed by atoms with Crippen molar-refractivity contribution in [1.82, 2.24) is 0 Å². The summed E-state index contributed by atoms with van der Waals surface area (Å²) in [5.74, 6) is 0. The monoisotopic (exact) mass is 307 g/mol. The van der Waals surface area contributed by atoms with Gasteiger partial charge in [0.05, 0.1) is 0 Å². The van der Waals surface area contributed by atoms with Crippen molar-refractivity contribution in [2.75, 3.05) is 0 Å². The molecule has 0 bridgehead atoms. The third-order valence-corrected chi connectivity index (χ3v) is 2.19. The Bertz CT molecular complexity index is 388. The van der Waals surface area contributed by atoms with E-state index in [1.807, 2.05) is 30.3 Å². The molecule has 0 spiro atoms. The summed E-state index contributed by atoms with van der Waals surface area (Å²) < 4.78 is 58.7. The molecule has 1 N–H and O–H groups in total. The molecule has 1 aromatic carbocycles. The first-order valence-electron chi connectivity index (χ1n) is 3.40. The van der Waals surface area contributed by atoms with Gasteiger partial charge in [0.25, 0.3) is 0 Å². The van der Waals surface area contributed by atoms with Crippen LogP contribution in [-0.2, 0) is 10.1 Å². The second-order valence-electron chi connectivity index (χ2n) is 2.23. The van der Waals surface area contributed by atoms with Crippen LogP contribution in [0.1, 0.15) is 0 Å². The zero-order valence-electron chi connectivity index (χ0n) is 7.10. The molecule has 3 nitrogen and oxygen atoms in total. The Labute approximate surface area is 92.9 Å². The molecule has 0 atom stereocenters. The van der Waals surface area contributed by atoms with Crippen molar-refractivity contribution < 1.29 is 26.1 Å². The van der Waals surface area contributed by atoms with Crippen molar-refractivity contribution in [1.29, 1.82) is 0 Å². The van der Waals surface area contributed by atoms with Crippen molar-refractivity contribution >= 4 is 30.6 Å². The van der Waals surface area contributed by atoms with Gasteiger partial charge in [-0.3, -0.25) is 4.55 Å². The molecule has 1 rings (SSSR count). The van der Waals surface area contributed by atoms with Crippen LogP contribution in [-0.4, -0.2) is 34.5 Å². The minimum atomic E-state index is -5.84. The van der Waals surface area contributed by atoms with E-state index in [-0.39, 0.29) is 0 Å². The van der Waals surface area contributed by atoms with Gasteiger partial charge in [-0.1, -0.05) is 0 Å². The summed E-state index contributed by atoms with van der Waals surface area (Å²) in [6.45, 7) is 0. The summed E-state index contributed by atoms with van der Waals surface area (Å²) in [7, 11) is -5.84. The van der Waals surface area contributed by atoms with E-state index in [0.717, 1.165) is 0 Å². The fourth-order valence-corrected chi connectivity index (χ4v) is 0.750. The molecule has 0 saturated carbocycles. The van der Waals surface area contributed by atoms with E-state index >= 15 is 0 Å². The maximum absolute atomic E-state index is 10.7. The summed E-state index contributed by atoms with van der Waals surface area (Å²) in [4.78, 5) is 0.